The number of nitrogens with one attached hydrogen (secondary N) is 1. The Labute approximate surface area is 219 Å². The van der Waals surface area contributed by atoms with Crippen molar-refractivity contribution >= 4 is 33.5 Å². The van der Waals surface area contributed by atoms with Gasteiger partial charge in [-0.25, -0.2) is 13.8 Å². The van der Waals surface area contributed by atoms with Gasteiger partial charge >= 0.3 is 5.69 Å². The van der Waals surface area contributed by atoms with Gasteiger partial charge in [-0.05, 0) is 43.3 Å². The Balaban J connectivity index is 1.92. The highest BCUT2D eigenvalue weighted by Gasteiger charge is 2.30. The third kappa shape index (κ3) is 6.37. The van der Waals surface area contributed by atoms with Gasteiger partial charge in [-0.15, -0.1) is 0 Å². The van der Waals surface area contributed by atoms with Crippen molar-refractivity contribution in [3.05, 3.63) is 81.9 Å². The lowest BCUT2D eigenvalue weighted by molar-refractivity contribution is -0.385. The van der Waals surface area contributed by atoms with Crippen LogP contribution in [0.4, 0.5) is 11.4 Å². The van der Waals surface area contributed by atoms with Gasteiger partial charge in [0.1, 0.15) is 18.0 Å². The van der Waals surface area contributed by atoms with Gasteiger partial charge in [0.2, 0.25) is 0 Å². The third-order valence-electron chi connectivity index (χ3n) is 5.35. The number of nitrogens with zero attached hydrogens (tertiary/aromatic N) is 3. The molecule has 0 radical (unpaired) electrons. The minimum absolute atomic E-state index is 0.0326. The molecule has 1 N–H and O–H groups in total. The number of rotatable bonds is 11. The lowest BCUT2D eigenvalue weighted by atomic mass is 10.2. The van der Waals surface area contributed by atoms with E-state index in [0.29, 0.717) is 11.3 Å². The van der Waals surface area contributed by atoms with Crippen LogP contribution in [0.3, 0.4) is 0 Å². The van der Waals surface area contributed by atoms with Crippen LogP contribution in [-0.2, 0) is 14.8 Å². The van der Waals surface area contributed by atoms with Crippen LogP contribution in [0, 0.1) is 17.0 Å². The Morgan fingerprint density at radius 3 is 2.26 bits per heavy atom. The van der Waals surface area contributed by atoms with Gasteiger partial charge in [0, 0.05) is 17.7 Å². The van der Waals surface area contributed by atoms with Crippen molar-refractivity contribution in [1.29, 1.82) is 0 Å². The zero-order valence-electron chi connectivity index (χ0n) is 21.1. The number of aryl methyl sites for hydroxylation is 1. The number of hydrazone groups is 1. The summed E-state index contributed by atoms with van der Waals surface area (Å²) >= 11 is 0. The number of nitro groups is 1. The molecule has 1 amide bonds. The number of nitro benzene ring substituents is 1. The second-order valence-corrected chi connectivity index (χ2v) is 9.71. The highest BCUT2D eigenvalue weighted by atomic mass is 32.2. The highest BCUT2D eigenvalue weighted by Crippen LogP contribution is 2.35. The van der Waals surface area contributed by atoms with E-state index in [1.54, 1.807) is 18.2 Å². The van der Waals surface area contributed by atoms with E-state index >= 15 is 0 Å². The molecule has 0 aromatic heterocycles. The molecular formula is C25H26N4O8S. The van der Waals surface area contributed by atoms with Crippen LogP contribution in [0.2, 0.25) is 0 Å². The number of anilines is 1. The zero-order chi connectivity index (χ0) is 27.9. The first-order valence-electron chi connectivity index (χ1n) is 11.1. The van der Waals surface area contributed by atoms with Gasteiger partial charge in [0.25, 0.3) is 15.9 Å². The zero-order valence-corrected chi connectivity index (χ0v) is 21.9. The molecule has 0 atom stereocenters. The first-order chi connectivity index (χ1) is 18.1. The van der Waals surface area contributed by atoms with E-state index in [0.717, 1.165) is 9.87 Å². The first kappa shape index (κ1) is 27.9. The van der Waals surface area contributed by atoms with Crippen molar-refractivity contribution in [2.24, 2.45) is 5.10 Å². The van der Waals surface area contributed by atoms with Crippen molar-refractivity contribution in [2.75, 3.05) is 32.2 Å². The number of carbonyl (C=O) groups excluding carboxylic acids is 1. The lowest BCUT2D eigenvalue weighted by Crippen LogP contribution is -2.39. The topological polar surface area (TPSA) is 150 Å². The fourth-order valence-corrected chi connectivity index (χ4v) is 4.83. The number of hydrogen-bond acceptors (Lipinski definition) is 9. The number of hydrogen-bond donors (Lipinski definition) is 1. The van der Waals surface area contributed by atoms with Crippen LogP contribution in [0.25, 0.3) is 0 Å². The molecule has 0 saturated carbocycles. The number of amides is 1. The van der Waals surface area contributed by atoms with Gasteiger partial charge in [-0.1, -0.05) is 17.7 Å². The maximum atomic E-state index is 13.6. The van der Waals surface area contributed by atoms with Crippen molar-refractivity contribution in [2.45, 2.75) is 11.8 Å². The highest BCUT2D eigenvalue weighted by molar-refractivity contribution is 7.92. The summed E-state index contributed by atoms with van der Waals surface area (Å²) in [6.07, 6.45) is 1.19. The van der Waals surface area contributed by atoms with E-state index < -0.39 is 27.4 Å². The minimum atomic E-state index is -4.23. The average molecular weight is 543 g/mol. The predicted molar refractivity (Wildman–Crippen MR) is 141 cm³/mol. The van der Waals surface area contributed by atoms with Gasteiger partial charge in [0.05, 0.1) is 43.1 Å². The third-order valence-corrected chi connectivity index (χ3v) is 7.13. The summed E-state index contributed by atoms with van der Waals surface area (Å²) < 4.78 is 43.7. The summed E-state index contributed by atoms with van der Waals surface area (Å²) in [5.41, 5.74) is 3.24. The molecule has 0 aliphatic carbocycles. The van der Waals surface area contributed by atoms with E-state index in [1.807, 2.05) is 6.92 Å². The number of sulfonamides is 1. The average Bonchev–Trinajstić information content (AvgIpc) is 2.91. The van der Waals surface area contributed by atoms with Crippen molar-refractivity contribution in [1.82, 2.24) is 5.43 Å². The monoisotopic (exact) mass is 542 g/mol. The maximum absolute atomic E-state index is 13.6. The van der Waals surface area contributed by atoms with Crippen LogP contribution in [-0.4, -0.2) is 53.3 Å². The van der Waals surface area contributed by atoms with E-state index in [-0.39, 0.29) is 27.8 Å². The summed E-state index contributed by atoms with van der Waals surface area (Å²) in [6.45, 7) is 1.17. The minimum Gasteiger partial charge on any atom is -0.497 e. The van der Waals surface area contributed by atoms with Crippen LogP contribution in [0.15, 0.2) is 70.7 Å². The Kier molecular flexibility index (Phi) is 8.86. The predicted octanol–water partition coefficient (Wildman–Crippen LogP) is 3.27. The fourth-order valence-electron chi connectivity index (χ4n) is 3.40. The molecule has 13 heteroatoms. The Morgan fingerprint density at radius 2 is 1.66 bits per heavy atom. The second kappa shape index (κ2) is 12.1. The molecule has 0 spiro atoms. The van der Waals surface area contributed by atoms with Gasteiger partial charge in [-0.3, -0.25) is 19.2 Å². The molecular weight excluding hydrogens is 516 g/mol. The summed E-state index contributed by atoms with van der Waals surface area (Å²) in [6, 6.07) is 14.9. The molecule has 38 heavy (non-hydrogen) atoms. The summed E-state index contributed by atoms with van der Waals surface area (Å²) in [5.74, 6) is -0.155. The Morgan fingerprint density at radius 1 is 1.00 bits per heavy atom. The van der Waals surface area contributed by atoms with Crippen molar-refractivity contribution in [3.63, 3.8) is 0 Å². The quantitative estimate of drug-likeness (QED) is 0.220. The van der Waals surface area contributed by atoms with E-state index in [2.05, 4.69) is 10.5 Å². The van der Waals surface area contributed by atoms with Crippen LogP contribution in [0.5, 0.6) is 17.2 Å². The summed E-state index contributed by atoms with van der Waals surface area (Å²) in [5, 5.41) is 15.0. The molecule has 0 bridgehead atoms. The second-order valence-electron chi connectivity index (χ2n) is 7.84. The molecule has 0 unspecified atom stereocenters. The largest absolute Gasteiger partial charge is 0.497 e. The van der Waals surface area contributed by atoms with Crippen LogP contribution >= 0.6 is 0 Å². The molecule has 3 aromatic rings. The number of carbonyl (C=O) groups is 1. The molecule has 12 nitrogen and oxygen atoms in total. The summed E-state index contributed by atoms with van der Waals surface area (Å²) in [4.78, 5) is 23.4. The molecule has 3 rings (SSSR count). The lowest BCUT2D eigenvalue weighted by Gasteiger charge is -2.25. The van der Waals surface area contributed by atoms with Crippen LogP contribution in [0.1, 0.15) is 11.1 Å². The molecule has 0 fully saturated rings. The Hall–Kier alpha value is -4.65. The molecule has 0 aliphatic rings. The van der Waals surface area contributed by atoms with Gasteiger partial charge < -0.3 is 14.2 Å². The van der Waals surface area contributed by atoms with E-state index in [1.165, 1.54) is 70.0 Å². The van der Waals surface area contributed by atoms with E-state index in [4.69, 9.17) is 14.2 Å². The smallest absolute Gasteiger partial charge is 0.311 e. The molecule has 0 heterocycles. The molecule has 3 aromatic carbocycles. The van der Waals surface area contributed by atoms with Crippen molar-refractivity contribution < 1.29 is 32.3 Å². The number of ether oxygens (including phenoxy) is 3. The summed E-state index contributed by atoms with van der Waals surface area (Å²) in [7, 11) is -0.116. The SMILES string of the molecule is COc1ccc(OC)c(N(CC(=O)N/N=C\c2ccc(OC)c([N+](=O)[O-])c2)S(=O)(=O)c2ccc(C)cc2)c1. The first-order valence-corrected chi connectivity index (χ1v) is 12.5. The standard InChI is InChI=1S/C25H26N4O8S/c1-17-5-9-20(10-6-17)38(33,34)28(21-14-19(35-2)8-12-23(21)36-3)16-25(30)27-26-15-18-7-11-24(37-4)22(13-18)29(31)32/h5-15H,16H2,1-4H3,(H,27,30)/b26-15-. The normalized spacial score (nSPS) is 11.2. The molecule has 200 valence electrons. The fraction of sp³-hybridized carbons (Fsp3) is 0.200. The molecule has 0 aliphatic heterocycles. The van der Waals surface area contributed by atoms with Gasteiger partial charge in [0.15, 0.2) is 5.75 Å². The molecule has 0 saturated heterocycles. The maximum Gasteiger partial charge on any atom is 0.311 e. The number of methoxy groups -OCH3 is 3. The Bertz CT molecular complexity index is 1460. The van der Waals surface area contributed by atoms with Crippen LogP contribution < -0.4 is 23.9 Å². The number of benzene rings is 3. The van der Waals surface area contributed by atoms with Crippen molar-refractivity contribution in [3.8, 4) is 17.2 Å². The van der Waals surface area contributed by atoms with Gasteiger partial charge in [-0.2, -0.15) is 5.10 Å². The van der Waals surface area contributed by atoms with E-state index in [9.17, 15) is 23.3 Å².